The first kappa shape index (κ1) is 15.1. The van der Waals surface area contributed by atoms with Crippen LogP contribution in [0.2, 0.25) is 0 Å². The third kappa shape index (κ3) is 3.24. The van der Waals surface area contributed by atoms with Gasteiger partial charge in [-0.3, -0.25) is 4.79 Å². The van der Waals surface area contributed by atoms with Crippen molar-refractivity contribution >= 4 is 17.7 Å². The molecule has 0 saturated carbocycles. The summed E-state index contributed by atoms with van der Waals surface area (Å²) in [6.45, 7) is 2.32. The topological polar surface area (TPSA) is 78.9 Å². The smallest absolute Gasteiger partial charge is 0.321 e. The number of carboxylic acids is 1. The lowest BCUT2D eigenvalue weighted by Gasteiger charge is -2.18. The van der Waals surface area contributed by atoms with Crippen LogP contribution in [0.5, 0.6) is 5.75 Å². The normalized spacial score (nSPS) is 21.2. The molecule has 1 saturated heterocycles. The number of benzene rings is 1. The first-order chi connectivity index (χ1) is 9.92. The van der Waals surface area contributed by atoms with Gasteiger partial charge < -0.3 is 20.1 Å². The molecule has 0 radical (unpaired) electrons. The standard InChI is InChI=1S/C14H17FN2O4/c1-8-6-17(7-10(8)13(18)19)14(20)16-11-4-3-9(15)5-12(11)21-2/h3-5,8,10H,6-7H2,1-2H3,(H,16,20)(H,18,19)/t8-,10-/m1/s1. The summed E-state index contributed by atoms with van der Waals surface area (Å²) in [6, 6.07) is 3.36. The Hall–Kier alpha value is -2.31. The van der Waals surface area contributed by atoms with Gasteiger partial charge in [0.2, 0.25) is 0 Å². The van der Waals surface area contributed by atoms with E-state index in [1.807, 2.05) is 0 Å². The second-order valence-corrected chi connectivity index (χ2v) is 5.10. The van der Waals surface area contributed by atoms with Crippen molar-refractivity contribution in [3.8, 4) is 5.75 Å². The first-order valence-corrected chi connectivity index (χ1v) is 6.54. The van der Waals surface area contributed by atoms with Crippen molar-refractivity contribution in [3.63, 3.8) is 0 Å². The van der Waals surface area contributed by atoms with Gasteiger partial charge >= 0.3 is 12.0 Å². The van der Waals surface area contributed by atoms with E-state index < -0.39 is 23.7 Å². The number of methoxy groups -OCH3 is 1. The van der Waals surface area contributed by atoms with Crippen molar-refractivity contribution in [2.75, 3.05) is 25.5 Å². The van der Waals surface area contributed by atoms with Crippen molar-refractivity contribution in [1.82, 2.24) is 4.90 Å². The van der Waals surface area contributed by atoms with Crippen LogP contribution in [-0.2, 0) is 4.79 Å². The third-order valence-electron chi connectivity index (χ3n) is 3.62. The van der Waals surface area contributed by atoms with E-state index in [1.165, 1.54) is 30.2 Å². The van der Waals surface area contributed by atoms with E-state index in [0.717, 1.165) is 0 Å². The number of nitrogens with zero attached hydrogens (tertiary/aromatic N) is 1. The van der Waals surface area contributed by atoms with Crippen LogP contribution in [0.15, 0.2) is 18.2 Å². The maximum absolute atomic E-state index is 13.1. The van der Waals surface area contributed by atoms with Gasteiger partial charge in [-0.1, -0.05) is 6.92 Å². The summed E-state index contributed by atoms with van der Waals surface area (Å²) >= 11 is 0. The Morgan fingerprint density at radius 2 is 2.14 bits per heavy atom. The number of hydrogen-bond donors (Lipinski definition) is 2. The number of rotatable bonds is 3. The number of anilines is 1. The lowest BCUT2D eigenvalue weighted by atomic mass is 9.99. The summed E-state index contributed by atoms with van der Waals surface area (Å²) in [6.07, 6.45) is 0. The molecule has 0 bridgehead atoms. The Morgan fingerprint density at radius 3 is 2.71 bits per heavy atom. The molecular weight excluding hydrogens is 279 g/mol. The molecule has 2 amide bonds. The minimum absolute atomic E-state index is 0.108. The number of likely N-dealkylation sites (tertiary alicyclic amines) is 1. The minimum atomic E-state index is -0.905. The number of amides is 2. The summed E-state index contributed by atoms with van der Waals surface area (Å²) in [7, 11) is 1.38. The third-order valence-corrected chi connectivity index (χ3v) is 3.62. The van der Waals surface area contributed by atoms with Crippen molar-refractivity contribution in [2.24, 2.45) is 11.8 Å². The van der Waals surface area contributed by atoms with Crippen LogP contribution < -0.4 is 10.1 Å². The molecule has 21 heavy (non-hydrogen) atoms. The average Bonchev–Trinajstić information content (AvgIpc) is 2.83. The van der Waals surface area contributed by atoms with Crippen LogP contribution in [-0.4, -0.2) is 42.2 Å². The monoisotopic (exact) mass is 296 g/mol. The molecule has 2 N–H and O–H groups in total. The molecule has 1 aromatic carbocycles. The minimum Gasteiger partial charge on any atom is -0.494 e. The number of carbonyl (C=O) groups excluding carboxylic acids is 1. The highest BCUT2D eigenvalue weighted by atomic mass is 19.1. The molecule has 1 aliphatic rings. The van der Waals surface area contributed by atoms with Gasteiger partial charge in [0.05, 0.1) is 18.7 Å². The van der Waals surface area contributed by atoms with Crippen molar-refractivity contribution in [1.29, 1.82) is 0 Å². The number of urea groups is 1. The largest absolute Gasteiger partial charge is 0.494 e. The molecule has 0 unspecified atom stereocenters. The SMILES string of the molecule is COc1cc(F)ccc1NC(=O)N1C[C@@H](C)[C@H](C(=O)O)C1. The molecule has 0 aliphatic carbocycles. The maximum Gasteiger partial charge on any atom is 0.321 e. The van der Waals surface area contributed by atoms with E-state index >= 15 is 0 Å². The zero-order chi connectivity index (χ0) is 15.6. The molecule has 1 aliphatic heterocycles. The Labute approximate surface area is 121 Å². The number of nitrogens with one attached hydrogen (secondary N) is 1. The fourth-order valence-electron chi connectivity index (χ4n) is 2.42. The molecule has 2 atom stereocenters. The maximum atomic E-state index is 13.1. The van der Waals surface area contributed by atoms with Gasteiger partial charge in [-0.2, -0.15) is 0 Å². The van der Waals surface area contributed by atoms with Gasteiger partial charge in [-0.25, -0.2) is 9.18 Å². The molecule has 6 nitrogen and oxygen atoms in total. The molecule has 7 heteroatoms. The number of hydrogen-bond acceptors (Lipinski definition) is 3. The van der Waals surface area contributed by atoms with E-state index in [4.69, 9.17) is 9.84 Å². The van der Waals surface area contributed by atoms with Crippen LogP contribution in [0.25, 0.3) is 0 Å². The molecule has 1 aromatic rings. The second kappa shape index (κ2) is 5.99. The highest BCUT2D eigenvalue weighted by Crippen LogP contribution is 2.27. The van der Waals surface area contributed by atoms with Crippen molar-refractivity contribution in [2.45, 2.75) is 6.92 Å². The van der Waals surface area contributed by atoms with E-state index in [1.54, 1.807) is 6.92 Å². The predicted octanol–water partition coefficient (Wildman–Crippen LogP) is 2.02. The predicted molar refractivity (Wildman–Crippen MR) is 73.8 cm³/mol. The average molecular weight is 296 g/mol. The Morgan fingerprint density at radius 1 is 1.43 bits per heavy atom. The van der Waals surface area contributed by atoms with E-state index in [0.29, 0.717) is 12.2 Å². The summed E-state index contributed by atoms with van der Waals surface area (Å²) in [5, 5.41) is 11.7. The van der Waals surface area contributed by atoms with Crippen molar-refractivity contribution < 1.29 is 23.8 Å². The van der Waals surface area contributed by atoms with E-state index in [-0.39, 0.29) is 18.2 Å². The molecule has 0 aromatic heterocycles. The van der Waals surface area contributed by atoms with Crippen LogP contribution in [0, 0.1) is 17.7 Å². The van der Waals surface area contributed by atoms with Gasteiger partial charge in [-0.15, -0.1) is 0 Å². The molecule has 2 rings (SSSR count). The molecular formula is C14H17FN2O4. The molecule has 1 fully saturated rings. The summed E-state index contributed by atoms with van der Waals surface area (Å²) in [5.74, 6) is -1.83. The zero-order valence-corrected chi connectivity index (χ0v) is 11.8. The van der Waals surface area contributed by atoms with Crippen LogP contribution in [0.4, 0.5) is 14.9 Å². The Bertz CT molecular complexity index is 564. The molecule has 1 heterocycles. The fourth-order valence-corrected chi connectivity index (χ4v) is 2.42. The first-order valence-electron chi connectivity index (χ1n) is 6.54. The zero-order valence-electron chi connectivity index (χ0n) is 11.8. The Balaban J connectivity index is 2.07. The molecule has 114 valence electrons. The summed E-state index contributed by atoms with van der Waals surface area (Å²) < 4.78 is 18.1. The summed E-state index contributed by atoms with van der Waals surface area (Å²) in [5.41, 5.74) is 0.343. The van der Waals surface area contributed by atoms with Gasteiger partial charge in [-0.05, 0) is 18.1 Å². The number of ether oxygens (including phenoxy) is 1. The number of halogens is 1. The van der Waals surface area contributed by atoms with Gasteiger partial charge in [0, 0.05) is 19.2 Å². The quantitative estimate of drug-likeness (QED) is 0.894. The number of carboxylic acid groups (broad SMARTS) is 1. The summed E-state index contributed by atoms with van der Waals surface area (Å²) in [4.78, 5) is 24.6. The van der Waals surface area contributed by atoms with Crippen LogP contribution in [0.3, 0.4) is 0 Å². The van der Waals surface area contributed by atoms with Crippen LogP contribution in [0.1, 0.15) is 6.92 Å². The lowest BCUT2D eigenvalue weighted by Crippen LogP contribution is -2.34. The highest BCUT2D eigenvalue weighted by molar-refractivity contribution is 5.91. The number of aliphatic carboxylic acids is 1. The lowest BCUT2D eigenvalue weighted by molar-refractivity contribution is -0.142. The highest BCUT2D eigenvalue weighted by Gasteiger charge is 2.37. The van der Waals surface area contributed by atoms with Gasteiger partial charge in [0.25, 0.3) is 0 Å². The Kier molecular flexibility index (Phi) is 4.30. The van der Waals surface area contributed by atoms with Crippen molar-refractivity contribution in [3.05, 3.63) is 24.0 Å². The van der Waals surface area contributed by atoms with Crippen LogP contribution >= 0.6 is 0 Å². The van der Waals surface area contributed by atoms with Gasteiger partial charge in [0.15, 0.2) is 0 Å². The fraction of sp³-hybridized carbons (Fsp3) is 0.429. The second-order valence-electron chi connectivity index (χ2n) is 5.10. The van der Waals surface area contributed by atoms with Gasteiger partial charge in [0.1, 0.15) is 11.6 Å². The van der Waals surface area contributed by atoms with E-state index in [2.05, 4.69) is 5.32 Å². The number of carbonyl (C=O) groups is 2. The molecule has 0 spiro atoms. The van der Waals surface area contributed by atoms with E-state index in [9.17, 15) is 14.0 Å².